The van der Waals surface area contributed by atoms with Gasteiger partial charge in [-0.2, -0.15) is 0 Å². The average molecular weight is 373 g/mol. The topological polar surface area (TPSA) is 64.6 Å². The van der Waals surface area contributed by atoms with Crippen LogP contribution in [0.3, 0.4) is 0 Å². The van der Waals surface area contributed by atoms with Gasteiger partial charge in [0.15, 0.2) is 5.79 Å². The number of hydrogen-bond donors (Lipinski definition) is 0. The number of likely N-dealkylation sites (tertiary alicyclic amines) is 1. The van der Waals surface area contributed by atoms with Gasteiger partial charge < -0.3 is 14.4 Å². The lowest BCUT2D eigenvalue weighted by Crippen LogP contribution is -2.47. The quantitative estimate of drug-likeness (QED) is 0.824. The fraction of sp³-hybridized carbons (Fsp3) is 0.526. The van der Waals surface area contributed by atoms with Gasteiger partial charge in [0.05, 0.1) is 23.9 Å². The normalized spacial score (nSPS) is 19.2. The highest BCUT2D eigenvalue weighted by Crippen LogP contribution is 2.32. The Bertz CT molecular complexity index is 762. The van der Waals surface area contributed by atoms with Crippen molar-refractivity contribution in [2.24, 2.45) is 0 Å². The van der Waals surface area contributed by atoms with Crippen molar-refractivity contribution >= 4 is 17.2 Å². The number of piperidine rings is 1. The Hall–Kier alpha value is -1.83. The third kappa shape index (κ3) is 3.65. The van der Waals surface area contributed by atoms with Crippen LogP contribution in [-0.2, 0) is 22.3 Å². The fourth-order valence-electron chi connectivity index (χ4n) is 3.54. The highest BCUT2D eigenvalue weighted by molar-refractivity contribution is 7.13. The Morgan fingerprint density at radius 1 is 1.19 bits per heavy atom. The summed E-state index contributed by atoms with van der Waals surface area (Å²) in [7, 11) is 0. The lowest BCUT2D eigenvalue weighted by Gasteiger charge is -2.37. The van der Waals surface area contributed by atoms with Crippen molar-refractivity contribution in [3.63, 3.8) is 0 Å². The SMILES string of the molecule is Cc1nc(CCc2ccncc2)sc1C(=O)N1CCC2(CC1)OCCO2. The van der Waals surface area contributed by atoms with E-state index in [1.54, 1.807) is 12.4 Å². The highest BCUT2D eigenvalue weighted by atomic mass is 32.1. The first-order valence-corrected chi connectivity index (χ1v) is 9.89. The van der Waals surface area contributed by atoms with Crippen LogP contribution in [0.2, 0.25) is 0 Å². The Morgan fingerprint density at radius 2 is 1.88 bits per heavy atom. The molecule has 0 aliphatic carbocycles. The number of aryl methyl sites for hydroxylation is 3. The van der Waals surface area contributed by atoms with Crippen molar-refractivity contribution in [3.8, 4) is 0 Å². The number of carbonyl (C=O) groups excluding carboxylic acids is 1. The third-order valence-corrected chi connectivity index (χ3v) is 6.24. The Morgan fingerprint density at radius 3 is 2.58 bits per heavy atom. The van der Waals surface area contributed by atoms with Gasteiger partial charge in [-0.1, -0.05) is 0 Å². The zero-order valence-electron chi connectivity index (χ0n) is 14.9. The first-order chi connectivity index (χ1) is 12.7. The first-order valence-electron chi connectivity index (χ1n) is 9.08. The summed E-state index contributed by atoms with van der Waals surface area (Å²) in [6, 6.07) is 4.03. The molecule has 6 nitrogen and oxygen atoms in total. The van der Waals surface area contributed by atoms with E-state index in [4.69, 9.17) is 9.47 Å². The predicted octanol–water partition coefficient (Wildman–Crippen LogP) is 2.61. The van der Waals surface area contributed by atoms with Crippen LogP contribution in [0.25, 0.3) is 0 Å². The molecule has 0 bridgehead atoms. The summed E-state index contributed by atoms with van der Waals surface area (Å²) in [5.41, 5.74) is 2.07. The van der Waals surface area contributed by atoms with E-state index in [9.17, 15) is 4.79 Å². The van der Waals surface area contributed by atoms with Gasteiger partial charge in [-0.15, -0.1) is 11.3 Å². The van der Waals surface area contributed by atoms with Gasteiger partial charge in [-0.3, -0.25) is 9.78 Å². The Kier molecular flexibility index (Phi) is 5.02. The van der Waals surface area contributed by atoms with Crippen LogP contribution in [0.15, 0.2) is 24.5 Å². The van der Waals surface area contributed by atoms with Crippen molar-refractivity contribution in [1.29, 1.82) is 0 Å². The Balaban J connectivity index is 1.38. The van der Waals surface area contributed by atoms with Gasteiger partial charge in [0.2, 0.25) is 0 Å². The molecule has 2 aliphatic heterocycles. The number of thiazole rings is 1. The van der Waals surface area contributed by atoms with Crippen molar-refractivity contribution in [2.45, 2.75) is 38.4 Å². The molecule has 0 atom stereocenters. The number of rotatable bonds is 4. The molecule has 2 aliphatic rings. The molecule has 0 unspecified atom stereocenters. The van der Waals surface area contributed by atoms with Crippen LogP contribution in [-0.4, -0.2) is 52.9 Å². The van der Waals surface area contributed by atoms with Gasteiger partial charge in [-0.05, 0) is 31.0 Å². The molecule has 26 heavy (non-hydrogen) atoms. The van der Waals surface area contributed by atoms with Gasteiger partial charge >= 0.3 is 0 Å². The minimum Gasteiger partial charge on any atom is -0.347 e. The smallest absolute Gasteiger partial charge is 0.265 e. The molecule has 1 spiro atoms. The lowest BCUT2D eigenvalue weighted by atomic mass is 10.0. The van der Waals surface area contributed by atoms with Gasteiger partial charge in [0.25, 0.3) is 5.91 Å². The second-order valence-corrected chi connectivity index (χ2v) is 7.86. The van der Waals surface area contributed by atoms with Crippen molar-refractivity contribution in [1.82, 2.24) is 14.9 Å². The number of ether oxygens (including phenoxy) is 2. The van der Waals surface area contributed by atoms with Crippen LogP contribution in [0.4, 0.5) is 0 Å². The standard InChI is InChI=1S/C19H23N3O3S/c1-14-17(26-16(21-14)3-2-15-4-8-20-9-5-15)18(23)22-10-6-19(7-11-22)24-12-13-25-19/h4-5,8-9H,2-3,6-7,10-13H2,1H3. The minimum absolute atomic E-state index is 0.0861. The maximum Gasteiger partial charge on any atom is 0.265 e. The van der Waals surface area contributed by atoms with Crippen molar-refractivity contribution < 1.29 is 14.3 Å². The molecule has 0 saturated carbocycles. The van der Waals surface area contributed by atoms with Crippen molar-refractivity contribution in [2.75, 3.05) is 26.3 Å². The molecule has 138 valence electrons. The largest absolute Gasteiger partial charge is 0.347 e. The molecule has 2 fully saturated rings. The summed E-state index contributed by atoms with van der Waals surface area (Å²) in [6.07, 6.45) is 6.84. The van der Waals surface area contributed by atoms with E-state index in [1.165, 1.54) is 16.9 Å². The highest BCUT2D eigenvalue weighted by Gasteiger charge is 2.41. The van der Waals surface area contributed by atoms with E-state index in [0.717, 1.165) is 41.3 Å². The van der Waals surface area contributed by atoms with E-state index in [1.807, 2.05) is 24.0 Å². The molecular weight excluding hydrogens is 350 g/mol. The molecule has 0 N–H and O–H groups in total. The molecule has 7 heteroatoms. The molecule has 1 amide bonds. The molecule has 2 aromatic rings. The Labute approximate surface area is 157 Å². The number of pyridine rings is 1. The van der Waals surface area contributed by atoms with E-state index in [2.05, 4.69) is 9.97 Å². The second-order valence-electron chi connectivity index (χ2n) is 6.78. The summed E-state index contributed by atoms with van der Waals surface area (Å²) in [5.74, 6) is -0.363. The molecule has 4 heterocycles. The third-order valence-electron chi connectivity index (χ3n) is 5.04. The first kappa shape index (κ1) is 17.6. The molecular formula is C19H23N3O3S. The van der Waals surface area contributed by atoms with Crippen LogP contribution in [0.1, 0.15) is 38.8 Å². The summed E-state index contributed by atoms with van der Waals surface area (Å²) in [5, 5.41) is 1.01. The number of amides is 1. The summed E-state index contributed by atoms with van der Waals surface area (Å²) in [4.78, 5) is 24.2. The number of carbonyl (C=O) groups is 1. The van der Waals surface area contributed by atoms with Crippen LogP contribution in [0, 0.1) is 6.92 Å². The minimum atomic E-state index is -0.449. The van der Waals surface area contributed by atoms with Crippen LogP contribution in [0.5, 0.6) is 0 Å². The maximum absolute atomic E-state index is 12.9. The molecule has 2 aromatic heterocycles. The van der Waals surface area contributed by atoms with E-state index in [-0.39, 0.29) is 5.91 Å². The zero-order valence-corrected chi connectivity index (χ0v) is 15.8. The van der Waals surface area contributed by atoms with Gasteiger partial charge in [0.1, 0.15) is 4.88 Å². The van der Waals surface area contributed by atoms with Crippen molar-refractivity contribution in [3.05, 3.63) is 45.7 Å². The average Bonchev–Trinajstić information content (AvgIpc) is 3.28. The number of hydrogen-bond acceptors (Lipinski definition) is 6. The number of aromatic nitrogens is 2. The molecule has 0 aromatic carbocycles. The zero-order chi connectivity index (χ0) is 18.0. The maximum atomic E-state index is 12.9. The molecule has 0 radical (unpaired) electrons. The van der Waals surface area contributed by atoms with Gasteiger partial charge in [-0.25, -0.2) is 4.98 Å². The monoisotopic (exact) mass is 373 g/mol. The fourth-order valence-corrected chi connectivity index (χ4v) is 4.57. The molecule has 2 saturated heterocycles. The van der Waals surface area contributed by atoms with E-state index < -0.39 is 5.79 Å². The number of nitrogens with zero attached hydrogens (tertiary/aromatic N) is 3. The second kappa shape index (κ2) is 7.42. The summed E-state index contributed by atoms with van der Waals surface area (Å²) >= 11 is 1.52. The van der Waals surface area contributed by atoms with Crippen LogP contribution < -0.4 is 0 Å². The predicted molar refractivity (Wildman–Crippen MR) is 98.3 cm³/mol. The van der Waals surface area contributed by atoms with Gasteiger partial charge in [0, 0.05) is 44.7 Å². The summed E-state index contributed by atoms with van der Waals surface area (Å²) < 4.78 is 11.5. The van der Waals surface area contributed by atoms with E-state index in [0.29, 0.717) is 26.3 Å². The molecule has 4 rings (SSSR count). The summed E-state index contributed by atoms with van der Waals surface area (Å²) in [6.45, 7) is 4.57. The van der Waals surface area contributed by atoms with Crippen LogP contribution >= 0.6 is 11.3 Å². The van der Waals surface area contributed by atoms with E-state index >= 15 is 0 Å². The lowest BCUT2D eigenvalue weighted by molar-refractivity contribution is -0.181.